The zero-order valence-corrected chi connectivity index (χ0v) is 11.9. The normalized spacial score (nSPS) is 28.1. The van der Waals surface area contributed by atoms with Gasteiger partial charge in [-0.05, 0) is 43.3 Å². The average Bonchev–Trinajstić information content (AvgIpc) is 2.85. The summed E-state index contributed by atoms with van der Waals surface area (Å²) >= 11 is 2.10. The zero-order valence-electron chi connectivity index (χ0n) is 11.1. The number of benzene rings is 1. The first-order valence-electron chi connectivity index (χ1n) is 6.94. The van der Waals surface area contributed by atoms with Crippen molar-refractivity contribution in [3.63, 3.8) is 0 Å². The van der Waals surface area contributed by atoms with Crippen molar-refractivity contribution in [2.45, 2.75) is 31.5 Å². The second-order valence-electron chi connectivity index (χ2n) is 5.36. The first kappa shape index (κ1) is 12.5. The number of thioether (sulfide) groups is 1. The van der Waals surface area contributed by atoms with Gasteiger partial charge < -0.3 is 5.32 Å². The summed E-state index contributed by atoms with van der Waals surface area (Å²) in [5.41, 5.74) is 3.03. The van der Waals surface area contributed by atoms with E-state index in [1.807, 2.05) is 0 Å². The lowest BCUT2D eigenvalue weighted by molar-refractivity contribution is 0.181. The van der Waals surface area contributed by atoms with E-state index in [1.54, 1.807) is 5.56 Å². The van der Waals surface area contributed by atoms with Crippen LogP contribution in [0.4, 0.5) is 0 Å². The summed E-state index contributed by atoms with van der Waals surface area (Å²) < 4.78 is 0. The number of nitrogens with one attached hydrogen (secondary N) is 1. The van der Waals surface area contributed by atoms with Gasteiger partial charge in [0.15, 0.2) is 0 Å². The van der Waals surface area contributed by atoms with Gasteiger partial charge in [-0.3, -0.25) is 4.90 Å². The fourth-order valence-corrected chi connectivity index (χ4v) is 4.44. The van der Waals surface area contributed by atoms with Gasteiger partial charge in [-0.15, -0.1) is 0 Å². The highest BCUT2D eigenvalue weighted by molar-refractivity contribution is 7.99. The molecule has 1 fully saturated rings. The average molecular weight is 262 g/mol. The molecule has 1 N–H and O–H groups in total. The molecule has 2 aliphatic rings. The minimum atomic E-state index is 0.597. The van der Waals surface area contributed by atoms with Gasteiger partial charge in [0.1, 0.15) is 0 Å². The Kier molecular flexibility index (Phi) is 3.92. The number of hydrogen-bond acceptors (Lipinski definition) is 3. The van der Waals surface area contributed by atoms with Crippen LogP contribution in [0.25, 0.3) is 0 Å². The predicted octanol–water partition coefficient (Wildman–Crippen LogP) is 2.66. The van der Waals surface area contributed by atoms with Gasteiger partial charge in [0.05, 0.1) is 0 Å². The Morgan fingerprint density at radius 3 is 3.00 bits per heavy atom. The molecule has 0 radical (unpaired) electrons. The number of hydrogen-bond donors (Lipinski definition) is 1. The van der Waals surface area contributed by atoms with Crippen molar-refractivity contribution in [1.29, 1.82) is 0 Å². The molecule has 0 aliphatic carbocycles. The Balaban J connectivity index is 1.86. The van der Waals surface area contributed by atoms with E-state index < -0.39 is 0 Å². The van der Waals surface area contributed by atoms with Gasteiger partial charge >= 0.3 is 0 Å². The van der Waals surface area contributed by atoms with Crippen molar-refractivity contribution in [2.75, 3.05) is 25.1 Å². The third kappa shape index (κ3) is 2.44. The lowest BCUT2D eigenvalue weighted by Crippen LogP contribution is -2.35. The summed E-state index contributed by atoms with van der Waals surface area (Å²) in [6, 6.07) is 10.3. The van der Waals surface area contributed by atoms with Crippen LogP contribution in [0.2, 0.25) is 0 Å². The Hall–Kier alpha value is -0.510. The van der Waals surface area contributed by atoms with E-state index in [2.05, 4.69) is 53.3 Å². The Morgan fingerprint density at radius 2 is 2.17 bits per heavy atom. The molecule has 0 spiro atoms. The summed E-state index contributed by atoms with van der Waals surface area (Å²) in [4.78, 5) is 2.63. The Bertz CT molecular complexity index is 401. The van der Waals surface area contributed by atoms with E-state index in [4.69, 9.17) is 0 Å². The quantitative estimate of drug-likeness (QED) is 0.882. The maximum absolute atomic E-state index is 3.55. The molecule has 0 saturated carbocycles. The molecule has 1 aromatic rings. The van der Waals surface area contributed by atoms with Crippen LogP contribution in [0.5, 0.6) is 0 Å². The highest BCUT2D eigenvalue weighted by atomic mass is 32.2. The standard InChI is InChI=1S/C15H22N2S/c1-17(13-7-9-18-11-13)15-6-8-16-10-12-4-2-3-5-14(12)15/h2-5,13,15-16H,6-11H2,1H3. The summed E-state index contributed by atoms with van der Waals surface area (Å²) in [6.45, 7) is 2.16. The van der Waals surface area contributed by atoms with E-state index in [9.17, 15) is 0 Å². The van der Waals surface area contributed by atoms with E-state index in [0.717, 1.165) is 19.1 Å². The second-order valence-corrected chi connectivity index (χ2v) is 6.51. The molecular formula is C15H22N2S. The van der Waals surface area contributed by atoms with Crippen LogP contribution in [-0.2, 0) is 6.54 Å². The molecule has 2 nitrogen and oxygen atoms in total. The maximum atomic E-state index is 3.55. The van der Waals surface area contributed by atoms with Crippen molar-refractivity contribution < 1.29 is 0 Å². The molecule has 0 bridgehead atoms. The highest BCUT2D eigenvalue weighted by Crippen LogP contribution is 2.33. The molecule has 1 saturated heterocycles. The largest absolute Gasteiger partial charge is 0.313 e. The Morgan fingerprint density at radius 1 is 1.28 bits per heavy atom. The van der Waals surface area contributed by atoms with E-state index in [1.165, 1.54) is 29.9 Å². The van der Waals surface area contributed by atoms with Crippen LogP contribution < -0.4 is 5.32 Å². The van der Waals surface area contributed by atoms with Crippen LogP contribution in [0, 0.1) is 0 Å². The third-order valence-corrected chi connectivity index (χ3v) is 5.44. The first-order chi connectivity index (χ1) is 8.86. The first-order valence-corrected chi connectivity index (χ1v) is 8.10. The van der Waals surface area contributed by atoms with Gasteiger partial charge in [-0.1, -0.05) is 24.3 Å². The molecule has 3 rings (SSSR count). The summed E-state index contributed by atoms with van der Waals surface area (Å²) in [7, 11) is 2.32. The third-order valence-electron chi connectivity index (χ3n) is 4.30. The van der Waals surface area contributed by atoms with Gasteiger partial charge in [0.2, 0.25) is 0 Å². The van der Waals surface area contributed by atoms with Crippen LogP contribution >= 0.6 is 11.8 Å². The lowest BCUT2D eigenvalue weighted by atomic mass is 9.97. The highest BCUT2D eigenvalue weighted by Gasteiger charge is 2.28. The minimum absolute atomic E-state index is 0.597. The molecule has 2 heterocycles. The van der Waals surface area contributed by atoms with E-state index in [0.29, 0.717) is 6.04 Å². The van der Waals surface area contributed by atoms with Crippen molar-refractivity contribution in [3.05, 3.63) is 35.4 Å². The van der Waals surface area contributed by atoms with Crippen LogP contribution in [0.15, 0.2) is 24.3 Å². The molecule has 18 heavy (non-hydrogen) atoms. The number of nitrogens with zero attached hydrogens (tertiary/aromatic N) is 1. The van der Waals surface area contributed by atoms with Gasteiger partial charge in [-0.2, -0.15) is 11.8 Å². The molecule has 2 atom stereocenters. The summed E-state index contributed by atoms with van der Waals surface area (Å²) in [6.07, 6.45) is 2.59. The van der Waals surface area contributed by atoms with Crippen LogP contribution in [-0.4, -0.2) is 36.0 Å². The Labute approximate surface area is 114 Å². The molecule has 1 aromatic carbocycles. The van der Waals surface area contributed by atoms with Gasteiger partial charge in [0, 0.05) is 24.4 Å². The van der Waals surface area contributed by atoms with Gasteiger partial charge in [0.25, 0.3) is 0 Å². The lowest BCUT2D eigenvalue weighted by Gasteiger charge is -2.33. The fourth-order valence-electron chi connectivity index (χ4n) is 3.16. The molecule has 2 unspecified atom stereocenters. The number of rotatable bonds is 2. The molecule has 98 valence electrons. The summed E-state index contributed by atoms with van der Waals surface area (Å²) in [5.74, 6) is 2.64. The van der Waals surface area contributed by atoms with E-state index in [-0.39, 0.29) is 0 Å². The predicted molar refractivity (Wildman–Crippen MR) is 79.0 cm³/mol. The molecule has 0 aromatic heterocycles. The topological polar surface area (TPSA) is 15.3 Å². The maximum Gasteiger partial charge on any atom is 0.0363 e. The van der Waals surface area contributed by atoms with Gasteiger partial charge in [-0.25, -0.2) is 0 Å². The van der Waals surface area contributed by atoms with Crippen molar-refractivity contribution in [1.82, 2.24) is 10.2 Å². The molecule has 3 heteroatoms. The second kappa shape index (κ2) is 5.64. The van der Waals surface area contributed by atoms with Crippen molar-refractivity contribution >= 4 is 11.8 Å². The van der Waals surface area contributed by atoms with Crippen molar-refractivity contribution in [2.24, 2.45) is 0 Å². The number of fused-ring (bicyclic) bond motifs is 1. The van der Waals surface area contributed by atoms with Crippen LogP contribution in [0.1, 0.15) is 30.0 Å². The zero-order chi connectivity index (χ0) is 12.4. The summed E-state index contributed by atoms with van der Waals surface area (Å²) in [5, 5.41) is 3.55. The molecule has 0 amide bonds. The monoisotopic (exact) mass is 262 g/mol. The molecular weight excluding hydrogens is 240 g/mol. The fraction of sp³-hybridized carbons (Fsp3) is 0.600. The van der Waals surface area contributed by atoms with Crippen molar-refractivity contribution in [3.8, 4) is 0 Å². The van der Waals surface area contributed by atoms with Crippen LogP contribution in [0.3, 0.4) is 0 Å². The van der Waals surface area contributed by atoms with E-state index >= 15 is 0 Å². The SMILES string of the molecule is CN(C1CCSC1)C1CCNCc2ccccc21. The minimum Gasteiger partial charge on any atom is -0.313 e. The molecule has 2 aliphatic heterocycles. The smallest absolute Gasteiger partial charge is 0.0363 e.